The largest absolute Gasteiger partial charge is 0.497 e. The van der Waals surface area contributed by atoms with Gasteiger partial charge in [-0.05, 0) is 48.9 Å². The normalized spacial score (nSPS) is 13.3. The van der Waals surface area contributed by atoms with Crippen LogP contribution in [0.5, 0.6) is 5.75 Å². The second-order valence-corrected chi connectivity index (χ2v) is 10.7. The molecule has 0 saturated carbocycles. The zero-order chi connectivity index (χ0) is 25.0. The van der Waals surface area contributed by atoms with Crippen LogP contribution in [0.1, 0.15) is 30.3 Å². The van der Waals surface area contributed by atoms with Crippen LogP contribution in [0.4, 0.5) is 0 Å². The number of methoxy groups -OCH3 is 1. The first-order chi connectivity index (χ1) is 16.8. The van der Waals surface area contributed by atoms with Crippen LogP contribution in [0.3, 0.4) is 0 Å². The maximum Gasteiger partial charge on any atom is 0.328 e. The number of sulfonamides is 1. The first-order valence-corrected chi connectivity index (χ1v) is 12.9. The van der Waals surface area contributed by atoms with E-state index in [1.165, 1.54) is 16.9 Å². The quantitative estimate of drug-likeness (QED) is 0.330. The van der Waals surface area contributed by atoms with Crippen molar-refractivity contribution < 1.29 is 23.1 Å². The molecule has 10 nitrogen and oxygen atoms in total. The minimum absolute atomic E-state index is 0.139. The number of hydrogen-bond donors (Lipinski definition) is 2. The Kier molecular flexibility index (Phi) is 7.24. The van der Waals surface area contributed by atoms with Crippen LogP contribution in [0.15, 0.2) is 71.2 Å². The summed E-state index contributed by atoms with van der Waals surface area (Å²) < 4.78 is 34.9. The Bertz CT molecular complexity index is 1400. The van der Waals surface area contributed by atoms with Crippen LogP contribution in [-0.2, 0) is 21.2 Å². The molecule has 35 heavy (non-hydrogen) atoms. The summed E-state index contributed by atoms with van der Waals surface area (Å²) in [7, 11) is -2.29. The fourth-order valence-corrected chi connectivity index (χ4v) is 5.90. The second kappa shape index (κ2) is 10.3. The summed E-state index contributed by atoms with van der Waals surface area (Å²) in [6, 6.07) is 14.0. The number of rotatable bonds is 10. The first kappa shape index (κ1) is 24.5. The van der Waals surface area contributed by atoms with E-state index in [1.807, 2.05) is 6.07 Å². The molecule has 0 saturated heterocycles. The van der Waals surface area contributed by atoms with E-state index in [9.17, 15) is 18.3 Å². The third kappa shape index (κ3) is 5.73. The van der Waals surface area contributed by atoms with Gasteiger partial charge in [-0.25, -0.2) is 22.6 Å². The number of aliphatic carboxylic acids is 1. The Morgan fingerprint density at radius 1 is 1.17 bits per heavy atom. The van der Waals surface area contributed by atoms with Gasteiger partial charge >= 0.3 is 5.97 Å². The molecular formula is C23H23N5O5S2. The molecule has 0 spiro atoms. The summed E-state index contributed by atoms with van der Waals surface area (Å²) in [6.45, 7) is 1.62. The van der Waals surface area contributed by atoms with Gasteiger partial charge in [-0.3, -0.25) is 4.98 Å². The van der Waals surface area contributed by atoms with Crippen molar-refractivity contribution in [3.8, 4) is 16.3 Å². The van der Waals surface area contributed by atoms with E-state index in [0.717, 1.165) is 21.8 Å². The van der Waals surface area contributed by atoms with Crippen molar-refractivity contribution in [3.63, 3.8) is 0 Å². The molecule has 0 fully saturated rings. The summed E-state index contributed by atoms with van der Waals surface area (Å²) >= 11 is 1.11. The maximum atomic E-state index is 12.9. The molecule has 182 valence electrons. The van der Waals surface area contributed by atoms with Crippen LogP contribution in [0, 0.1) is 0 Å². The van der Waals surface area contributed by atoms with Crippen molar-refractivity contribution in [1.82, 2.24) is 24.7 Å². The highest BCUT2D eigenvalue weighted by molar-refractivity contribution is 7.91. The van der Waals surface area contributed by atoms with Crippen LogP contribution in [0.2, 0.25) is 0 Å². The molecule has 0 aliphatic carbocycles. The van der Waals surface area contributed by atoms with E-state index < -0.39 is 28.1 Å². The molecule has 0 aliphatic heterocycles. The lowest BCUT2D eigenvalue weighted by Crippen LogP contribution is -2.26. The van der Waals surface area contributed by atoms with Gasteiger partial charge in [-0.2, -0.15) is 0 Å². The van der Waals surface area contributed by atoms with E-state index in [4.69, 9.17) is 4.74 Å². The van der Waals surface area contributed by atoms with Crippen molar-refractivity contribution in [2.24, 2.45) is 0 Å². The molecule has 0 bridgehead atoms. The third-order valence-corrected chi connectivity index (χ3v) is 8.40. The summed E-state index contributed by atoms with van der Waals surface area (Å²) in [5, 5.41) is 17.7. The molecule has 0 amide bonds. The molecule has 0 radical (unpaired) electrons. The summed E-state index contributed by atoms with van der Waals surface area (Å²) in [5.41, 5.74) is 1.77. The monoisotopic (exact) mass is 513 g/mol. The van der Waals surface area contributed by atoms with Gasteiger partial charge in [0.2, 0.25) is 0 Å². The molecule has 12 heteroatoms. The Morgan fingerprint density at radius 3 is 2.60 bits per heavy atom. The smallest absolute Gasteiger partial charge is 0.328 e. The molecule has 4 rings (SSSR count). The number of hydrogen-bond acceptors (Lipinski definition) is 8. The van der Waals surface area contributed by atoms with Gasteiger partial charge < -0.3 is 9.84 Å². The number of carboxylic acids is 1. The molecule has 2 N–H and O–H groups in total. The average Bonchev–Trinajstić information content (AvgIpc) is 3.54. The minimum Gasteiger partial charge on any atom is -0.497 e. The van der Waals surface area contributed by atoms with Gasteiger partial charge in [0.25, 0.3) is 10.0 Å². The van der Waals surface area contributed by atoms with Crippen LogP contribution < -0.4 is 9.46 Å². The first-order valence-electron chi connectivity index (χ1n) is 10.6. The zero-order valence-electron chi connectivity index (χ0n) is 18.9. The SMILES string of the molecule is COc1ccc(C[C@@H](C(=O)O)n2cc([C@@H](C)NS(=O)(=O)c3ccc(-c4ccccn4)s3)nn2)cc1. The van der Waals surface area contributed by atoms with E-state index in [2.05, 4.69) is 20.0 Å². The minimum atomic E-state index is -3.84. The number of nitrogens with zero attached hydrogens (tertiary/aromatic N) is 4. The van der Waals surface area contributed by atoms with Crippen molar-refractivity contribution in [2.75, 3.05) is 7.11 Å². The molecule has 3 heterocycles. The molecule has 1 aromatic carbocycles. The van der Waals surface area contributed by atoms with Gasteiger partial charge in [0.1, 0.15) is 15.7 Å². The lowest BCUT2D eigenvalue weighted by molar-refractivity contribution is -0.141. The van der Waals surface area contributed by atoms with Crippen molar-refractivity contribution in [1.29, 1.82) is 0 Å². The molecule has 0 aliphatic rings. The highest BCUT2D eigenvalue weighted by atomic mass is 32.2. The molecule has 3 aromatic heterocycles. The van der Waals surface area contributed by atoms with Crippen LogP contribution in [-0.4, -0.2) is 46.6 Å². The van der Waals surface area contributed by atoms with Crippen molar-refractivity contribution >= 4 is 27.3 Å². The highest BCUT2D eigenvalue weighted by Crippen LogP contribution is 2.30. The maximum absolute atomic E-state index is 12.9. The highest BCUT2D eigenvalue weighted by Gasteiger charge is 2.26. The summed E-state index contributed by atoms with van der Waals surface area (Å²) in [5.74, 6) is -0.409. The Morgan fingerprint density at radius 2 is 1.94 bits per heavy atom. The van der Waals surface area contributed by atoms with E-state index in [1.54, 1.807) is 62.7 Å². The number of pyridine rings is 1. The fourth-order valence-electron chi connectivity index (χ4n) is 3.38. The number of carboxylic acid groups (broad SMARTS) is 1. The van der Waals surface area contributed by atoms with Crippen LogP contribution in [0.25, 0.3) is 10.6 Å². The fraction of sp³-hybridized carbons (Fsp3) is 0.217. The van der Waals surface area contributed by atoms with Crippen molar-refractivity contribution in [3.05, 3.63) is 78.2 Å². The Balaban J connectivity index is 1.48. The number of ether oxygens (including phenoxy) is 1. The Hall–Kier alpha value is -3.61. The van der Waals surface area contributed by atoms with E-state index in [-0.39, 0.29) is 10.6 Å². The Labute approximate surface area is 206 Å². The average molecular weight is 514 g/mol. The number of benzene rings is 1. The molecule has 2 atom stereocenters. The second-order valence-electron chi connectivity index (χ2n) is 7.71. The van der Waals surface area contributed by atoms with E-state index >= 15 is 0 Å². The predicted octanol–water partition coefficient (Wildman–Crippen LogP) is 3.32. The van der Waals surface area contributed by atoms with Gasteiger partial charge in [0.05, 0.1) is 29.9 Å². The lowest BCUT2D eigenvalue weighted by atomic mass is 10.1. The molecule has 4 aromatic rings. The number of carbonyl (C=O) groups is 1. The lowest BCUT2D eigenvalue weighted by Gasteiger charge is -2.13. The van der Waals surface area contributed by atoms with Gasteiger partial charge in [0, 0.05) is 12.6 Å². The third-order valence-electron chi connectivity index (χ3n) is 5.26. The molecule has 0 unspecified atom stereocenters. The van der Waals surface area contributed by atoms with Gasteiger partial charge in [0.15, 0.2) is 6.04 Å². The number of nitrogens with one attached hydrogen (secondary N) is 1. The van der Waals surface area contributed by atoms with Gasteiger partial charge in [-0.1, -0.05) is 23.4 Å². The summed E-state index contributed by atoms with van der Waals surface area (Å²) in [4.78, 5) is 16.9. The zero-order valence-corrected chi connectivity index (χ0v) is 20.5. The topological polar surface area (TPSA) is 136 Å². The number of aromatic nitrogens is 4. The standard InChI is InChI=1S/C23H23N5O5S2/c1-15(26-35(31,32)22-11-10-21(34-22)18-5-3-4-12-24-18)19-14-28(27-25-19)20(23(29)30)13-16-6-8-17(33-2)9-7-16/h3-12,14-15,20,26H,13H2,1-2H3,(H,29,30)/t15-,20+/m1/s1. The predicted molar refractivity (Wildman–Crippen MR) is 130 cm³/mol. The summed E-state index contributed by atoms with van der Waals surface area (Å²) in [6.07, 6.45) is 3.27. The van der Waals surface area contributed by atoms with E-state index in [0.29, 0.717) is 17.1 Å². The van der Waals surface area contributed by atoms with Crippen LogP contribution >= 0.6 is 11.3 Å². The van der Waals surface area contributed by atoms with Crippen molar-refractivity contribution in [2.45, 2.75) is 29.6 Å². The number of thiophene rings is 1. The molecular weight excluding hydrogens is 490 g/mol. The van der Waals surface area contributed by atoms with Gasteiger partial charge in [-0.15, -0.1) is 16.4 Å².